The van der Waals surface area contributed by atoms with Crippen LogP contribution in [-0.4, -0.2) is 45.1 Å². The lowest BCUT2D eigenvalue weighted by Gasteiger charge is -2.18. The number of fused-ring (bicyclic) bond motifs is 3. The van der Waals surface area contributed by atoms with Gasteiger partial charge in [-0.05, 0) is 54.3 Å². The Kier molecular flexibility index (Phi) is 6.96. The Labute approximate surface area is 229 Å². The Hall–Kier alpha value is -4.63. The van der Waals surface area contributed by atoms with Gasteiger partial charge in [-0.3, -0.25) is 14.0 Å². The maximum absolute atomic E-state index is 13.5. The van der Waals surface area contributed by atoms with Crippen molar-refractivity contribution in [3.05, 3.63) is 99.9 Å². The second kappa shape index (κ2) is 10.9. The second-order valence-corrected chi connectivity index (χ2v) is 9.75. The molecule has 0 saturated carbocycles. The Morgan fingerprint density at radius 3 is 2.73 bits per heavy atom. The molecule has 3 aromatic heterocycles. The van der Waals surface area contributed by atoms with Crippen molar-refractivity contribution in [1.82, 2.24) is 14.0 Å². The molecule has 1 amide bonds. The number of benzene rings is 2. The molecule has 0 spiro atoms. The fourth-order valence-corrected chi connectivity index (χ4v) is 5.29. The molecule has 1 atom stereocenters. The molecule has 1 fully saturated rings. The van der Waals surface area contributed by atoms with Crippen LogP contribution in [0.5, 0.6) is 0 Å². The first-order valence-electron chi connectivity index (χ1n) is 13.4. The summed E-state index contributed by atoms with van der Waals surface area (Å²) >= 11 is 0. The minimum atomic E-state index is -0.667. The van der Waals surface area contributed by atoms with Gasteiger partial charge >= 0.3 is 5.97 Å². The van der Waals surface area contributed by atoms with E-state index >= 15 is 0 Å². The first-order chi connectivity index (χ1) is 19.5. The van der Waals surface area contributed by atoms with Gasteiger partial charge in [-0.15, -0.1) is 0 Å². The molecule has 5 aromatic rings. The maximum atomic E-state index is 13.5. The number of hydrogen-bond acceptors (Lipinski definition) is 6. The van der Waals surface area contributed by atoms with Gasteiger partial charge in [0.2, 0.25) is 0 Å². The van der Waals surface area contributed by atoms with E-state index in [1.165, 1.54) is 10.5 Å². The number of carbonyl (C=O) groups is 2. The van der Waals surface area contributed by atoms with Crippen LogP contribution in [0.4, 0.5) is 0 Å². The van der Waals surface area contributed by atoms with Crippen LogP contribution < -0.4 is 11.0 Å². The number of nitrogens with zero attached hydrogens (tertiary/aromatic N) is 4. The summed E-state index contributed by atoms with van der Waals surface area (Å²) in [4.78, 5) is 49.5. The molecule has 1 aliphatic heterocycles. The van der Waals surface area contributed by atoms with Crippen molar-refractivity contribution in [1.29, 1.82) is 0 Å². The number of pyridine rings is 2. The zero-order valence-electron chi connectivity index (χ0n) is 22.1. The number of hydrogen-bond donors (Lipinski definition) is 0. The first-order valence-corrected chi connectivity index (χ1v) is 13.4. The largest absolute Gasteiger partial charge is 0.462 e. The Morgan fingerprint density at radius 2 is 1.90 bits per heavy atom. The summed E-state index contributed by atoms with van der Waals surface area (Å²) in [6, 6.07) is 20.4. The highest BCUT2D eigenvalue weighted by Crippen LogP contribution is 2.20. The van der Waals surface area contributed by atoms with Crippen LogP contribution in [0.15, 0.2) is 82.7 Å². The summed E-state index contributed by atoms with van der Waals surface area (Å²) in [6.07, 6.45) is 3.18. The molecular weight excluding hydrogens is 508 g/mol. The molecule has 1 saturated heterocycles. The van der Waals surface area contributed by atoms with E-state index in [1.807, 2.05) is 42.5 Å². The number of aromatic nitrogens is 3. The van der Waals surface area contributed by atoms with E-state index in [-0.39, 0.29) is 47.7 Å². The maximum Gasteiger partial charge on any atom is 0.341 e. The topological polar surface area (TPSA) is 104 Å². The SMILES string of the molecule is CCOC(=O)c1cc2c(=O)n3ccccc3nc2n(C[C@@H]2CCCO2)c1=NC(=O)Cc1cccc2ccccc12. The zero-order chi connectivity index (χ0) is 27.6. The molecule has 0 N–H and O–H groups in total. The summed E-state index contributed by atoms with van der Waals surface area (Å²) in [5.74, 6) is -1.10. The standard InChI is InChI=1S/C31H28N4O5/c1-2-39-31(38)25-18-24-28(32-26-14-5-6-15-34(26)30(24)37)35(19-22-12-8-16-40-22)29(25)33-27(36)17-21-11-7-10-20-9-3-4-13-23(20)21/h3-7,9-11,13-15,18,22H,2,8,12,16-17,19H2,1H3/t22-/m0/s1. The van der Waals surface area contributed by atoms with E-state index in [0.717, 1.165) is 29.2 Å². The van der Waals surface area contributed by atoms with Crippen molar-refractivity contribution in [3.63, 3.8) is 0 Å². The smallest absolute Gasteiger partial charge is 0.341 e. The minimum Gasteiger partial charge on any atom is -0.462 e. The van der Waals surface area contributed by atoms with Crippen LogP contribution in [0.1, 0.15) is 35.7 Å². The molecule has 0 aliphatic carbocycles. The molecule has 6 rings (SSSR count). The Bertz CT molecular complexity index is 1890. The molecular formula is C31H28N4O5. The van der Waals surface area contributed by atoms with Gasteiger partial charge in [-0.1, -0.05) is 48.5 Å². The molecule has 0 unspecified atom stereocenters. The number of ether oxygens (including phenoxy) is 2. The highest BCUT2D eigenvalue weighted by Gasteiger charge is 2.24. The molecule has 202 valence electrons. The third-order valence-corrected chi connectivity index (χ3v) is 7.15. The number of carbonyl (C=O) groups excluding carboxylic acids is 2. The van der Waals surface area contributed by atoms with E-state index in [1.54, 1.807) is 35.9 Å². The van der Waals surface area contributed by atoms with Gasteiger partial charge in [0.25, 0.3) is 11.5 Å². The van der Waals surface area contributed by atoms with Gasteiger partial charge < -0.3 is 14.0 Å². The van der Waals surface area contributed by atoms with E-state index in [0.29, 0.717) is 17.9 Å². The second-order valence-electron chi connectivity index (χ2n) is 9.75. The van der Waals surface area contributed by atoms with Crippen molar-refractivity contribution >= 4 is 39.3 Å². The monoisotopic (exact) mass is 536 g/mol. The molecule has 1 aliphatic rings. The van der Waals surface area contributed by atoms with E-state index in [2.05, 4.69) is 4.99 Å². The molecule has 40 heavy (non-hydrogen) atoms. The van der Waals surface area contributed by atoms with E-state index in [9.17, 15) is 14.4 Å². The summed E-state index contributed by atoms with van der Waals surface area (Å²) in [5, 5.41) is 2.21. The van der Waals surface area contributed by atoms with Crippen LogP contribution in [0.25, 0.3) is 27.5 Å². The third-order valence-electron chi connectivity index (χ3n) is 7.15. The minimum absolute atomic E-state index is 0.0356. The van der Waals surface area contributed by atoms with Crippen molar-refractivity contribution in [2.75, 3.05) is 13.2 Å². The molecule has 0 radical (unpaired) electrons. The predicted molar refractivity (Wildman–Crippen MR) is 150 cm³/mol. The molecule has 9 nitrogen and oxygen atoms in total. The Balaban J connectivity index is 1.59. The normalized spacial score (nSPS) is 15.7. The van der Waals surface area contributed by atoms with Gasteiger partial charge in [0.1, 0.15) is 16.9 Å². The number of esters is 1. The quantitative estimate of drug-likeness (QED) is 0.241. The van der Waals surface area contributed by atoms with Crippen LogP contribution in [-0.2, 0) is 27.2 Å². The highest BCUT2D eigenvalue weighted by molar-refractivity contribution is 5.94. The molecule has 0 bridgehead atoms. The van der Waals surface area contributed by atoms with Crippen LogP contribution in [0.3, 0.4) is 0 Å². The average Bonchev–Trinajstić information content (AvgIpc) is 3.48. The van der Waals surface area contributed by atoms with Gasteiger partial charge in [0.05, 0.1) is 31.1 Å². The van der Waals surface area contributed by atoms with Gasteiger partial charge in [-0.25, -0.2) is 9.78 Å². The lowest BCUT2D eigenvalue weighted by atomic mass is 10.0. The van der Waals surface area contributed by atoms with Gasteiger partial charge in [0.15, 0.2) is 5.49 Å². The van der Waals surface area contributed by atoms with Crippen molar-refractivity contribution in [3.8, 4) is 0 Å². The fraction of sp³-hybridized carbons (Fsp3) is 0.258. The van der Waals surface area contributed by atoms with Crippen LogP contribution >= 0.6 is 0 Å². The lowest BCUT2D eigenvalue weighted by molar-refractivity contribution is -0.117. The predicted octanol–water partition coefficient (Wildman–Crippen LogP) is 3.83. The summed E-state index contributed by atoms with van der Waals surface area (Å²) in [5.41, 5.74) is 1.42. The first kappa shape index (κ1) is 25.6. The van der Waals surface area contributed by atoms with Crippen LogP contribution in [0.2, 0.25) is 0 Å². The van der Waals surface area contributed by atoms with Gasteiger partial charge in [0, 0.05) is 12.8 Å². The van der Waals surface area contributed by atoms with E-state index in [4.69, 9.17) is 14.5 Å². The average molecular weight is 537 g/mol. The summed E-state index contributed by atoms with van der Waals surface area (Å²) in [6.45, 7) is 2.72. The third kappa shape index (κ3) is 4.80. The Morgan fingerprint density at radius 1 is 1.07 bits per heavy atom. The molecule has 4 heterocycles. The zero-order valence-corrected chi connectivity index (χ0v) is 22.1. The summed E-state index contributed by atoms with van der Waals surface area (Å²) < 4.78 is 14.3. The molecule has 9 heteroatoms. The van der Waals surface area contributed by atoms with Crippen molar-refractivity contribution < 1.29 is 19.1 Å². The van der Waals surface area contributed by atoms with Crippen molar-refractivity contribution in [2.45, 2.75) is 38.8 Å². The van der Waals surface area contributed by atoms with E-state index < -0.39 is 11.9 Å². The summed E-state index contributed by atoms with van der Waals surface area (Å²) in [7, 11) is 0. The lowest BCUT2D eigenvalue weighted by Crippen LogP contribution is -2.35. The molecule has 2 aromatic carbocycles. The van der Waals surface area contributed by atoms with Crippen molar-refractivity contribution in [2.24, 2.45) is 4.99 Å². The highest BCUT2D eigenvalue weighted by atomic mass is 16.5. The number of amides is 1. The van der Waals surface area contributed by atoms with Gasteiger partial charge in [-0.2, -0.15) is 4.99 Å². The number of rotatable bonds is 6. The fourth-order valence-electron chi connectivity index (χ4n) is 5.29. The van der Waals surface area contributed by atoms with Crippen LogP contribution in [0, 0.1) is 0 Å².